The summed E-state index contributed by atoms with van der Waals surface area (Å²) < 4.78 is 6.91. The number of pyridine rings is 1. The van der Waals surface area contributed by atoms with E-state index in [4.69, 9.17) is 4.74 Å². The number of fused-ring (bicyclic) bond motifs is 1. The van der Waals surface area contributed by atoms with Gasteiger partial charge in [0.2, 0.25) is 11.5 Å². The lowest BCUT2D eigenvalue weighted by molar-refractivity contribution is -0.383. The predicted octanol–water partition coefficient (Wildman–Crippen LogP) is 2.48. The molecule has 0 spiro atoms. The zero-order chi connectivity index (χ0) is 19.8. The number of carbonyl (C=O) groups is 1. The Bertz CT molecular complexity index is 1160. The van der Waals surface area contributed by atoms with Crippen LogP contribution in [0.5, 0.6) is 0 Å². The van der Waals surface area contributed by atoms with E-state index in [0.29, 0.717) is 17.0 Å². The molecule has 3 heterocycles. The third-order valence-corrected chi connectivity index (χ3v) is 4.24. The predicted molar refractivity (Wildman–Crippen MR) is 102 cm³/mol. The molecule has 0 radical (unpaired) electrons. The number of nitro groups is 1. The van der Waals surface area contributed by atoms with Crippen molar-refractivity contribution >= 4 is 28.9 Å². The Morgan fingerprint density at radius 1 is 1.18 bits per heavy atom. The van der Waals surface area contributed by atoms with Crippen molar-refractivity contribution in [2.24, 2.45) is 4.99 Å². The second kappa shape index (κ2) is 6.62. The summed E-state index contributed by atoms with van der Waals surface area (Å²) >= 11 is 0. The summed E-state index contributed by atoms with van der Waals surface area (Å²) in [6, 6.07) is 12.0. The molecule has 3 aromatic rings. The van der Waals surface area contributed by atoms with Gasteiger partial charge in [0.1, 0.15) is 0 Å². The first-order valence-corrected chi connectivity index (χ1v) is 8.36. The molecule has 28 heavy (non-hydrogen) atoms. The lowest BCUT2D eigenvalue weighted by Gasteiger charge is -2.17. The van der Waals surface area contributed by atoms with Gasteiger partial charge in [-0.25, -0.2) is 14.8 Å². The third kappa shape index (κ3) is 2.78. The summed E-state index contributed by atoms with van der Waals surface area (Å²) in [7, 11) is 3.50. The molecule has 2 aromatic heterocycles. The summed E-state index contributed by atoms with van der Waals surface area (Å²) in [5.74, 6) is -0.386. The number of hydrogen-bond donors (Lipinski definition) is 0. The normalized spacial score (nSPS) is 15.4. The van der Waals surface area contributed by atoms with Crippen LogP contribution >= 0.6 is 0 Å². The number of aliphatic imine (C=N–C) groups is 1. The summed E-state index contributed by atoms with van der Waals surface area (Å²) in [5.41, 5.74) is 1.79. The highest BCUT2D eigenvalue weighted by Gasteiger charge is 2.30. The second-order valence-corrected chi connectivity index (χ2v) is 6.25. The molecule has 1 aromatic carbocycles. The highest BCUT2D eigenvalue weighted by molar-refractivity contribution is 6.14. The fourth-order valence-corrected chi connectivity index (χ4v) is 3.04. The number of nitrogens with zero attached hydrogens (tertiary/aromatic N) is 5. The molecule has 1 aliphatic rings. The molecule has 1 aliphatic heterocycles. The molecule has 0 unspecified atom stereocenters. The fourth-order valence-electron chi connectivity index (χ4n) is 3.04. The van der Waals surface area contributed by atoms with Crippen LogP contribution in [-0.4, -0.2) is 45.2 Å². The molecule has 0 N–H and O–H groups in total. The van der Waals surface area contributed by atoms with E-state index in [2.05, 4.69) is 9.98 Å². The van der Waals surface area contributed by atoms with Crippen LogP contribution in [0.2, 0.25) is 0 Å². The van der Waals surface area contributed by atoms with Gasteiger partial charge in [-0.2, -0.15) is 0 Å². The minimum absolute atomic E-state index is 0.108. The van der Waals surface area contributed by atoms with Crippen molar-refractivity contribution in [1.29, 1.82) is 0 Å². The molecule has 0 fully saturated rings. The van der Waals surface area contributed by atoms with Crippen molar-refractivity contribution in [3.05, 3.63) is 81.9 Å². The van der Waals surface area contributed by atoms with E-state index in [1.165, 1.54) is 12.3 Å². The smallest absolute Gasteiger partial charge is 0.366 e. The van der Waals surface area contributed by atoms with Crippen molar-refractivity contribution in [1.82, 2.24) is 14.3 Å². The Balaban J connectivity index is 1.92. The van der Waals surface area contributed by atoms with E-state index in [0.717, 1.165) is 0 Å². The number of ether oxygens (including phenoxy) is 1. The molecule has 0 atom stereocenters. The summed E-state index contributed by atoms with van der Waals surface area (Å²) in [4.78, 5) is 33.6. The maximum absolute atomic E-state index is 12.6. The van der Waals surface area contributed by atoms with Crippen LogP contribution < -0.4 is 0 Å². The van der Waals surface area contributed by atoms with Crippen molar-refractivity contribution in [2.45, 2.75) is 0 Å². The Morgan fingerprint density at radius 2 is 1.93 bits per heavy atom. The molecule has 0 amide bonds. The molecular formula is C19H15N5O4. The van der Waals surface area contributed by atoms with Gasteiger partial charge in [0.25, 0.3) is 0 Å². The van der Waals surface area contributed by atoms with Crippen LogP contribution in [0.3, 0.4) is 0 Å². The van der Waals surface area contributed by atoms with E-state index in [9.17, 15) is 14.9 Å². The van der Waals surface area contributed by atoms with Gasteiger partial charge < -0.3 is 9.64 Å². The number of aromatic nitrogens is 2. The van der Waals surface area contributed by atoms with E-state index in [1.807, 2.05) is 18.2 Å². The molecule has 0 saturated carbocycles. The number of benzene rings is 1. The van der Waals surface area contributed by atoms with Crippen molar-refractivity contribution in [3.8, 4) is 0 Å². The summed E-state index contributed by atoms with van der Waals surface area (Å²) in [6.45, 7) is 0. The first-order valence-electron chi connectivity index (χ1n) is 8.36. The van der Waals surface area contributed by atoms with E-state index < -0.39 is 10.9 Å². The van der Waals surface area contributed by atoms with Crippen LogP contribution in [-0.2, 0) is 9.53 Å². The van der Waals surface area contributed by atoms with E-state index in [-0.39, 0.29) is 22.9 Å². The molecule has 9 nitrogen and oxygen atoms in total. The van der Waals surface area contributed by atoms with Crippen LogP contribution in [0.4, 0.5) is 5.69 Å². The molecule has 4 rings (SSSR count). The van der Waals surface area contributed by atoms with Gasteiger partial charge in [0.15, 0.2) is 5.70 Å². The van der Waals surface area contributed by atoms with Crippen LogP contribution in [0, 0.1) is 10.1 Å². The zero-order valence-electron chi connectivity index (χ0n) is 15.1. The maximum Gasteiger partial charge on any atom is 0.366 e. The lowest BCUT2D eigenvalue weighted by Crippen LogP contribution is -2.16. The van der Waals surface area contributed by atoms with Crippen molar-refractivity contribution < 1.29 is 14.5 Å². The average molecular weight is 377 g/mol. The van der Waals surface area contributed by atoms with Gasteiger partial charge in [-0.1, -0.05) is 18.2 Å². The molecule has 140 valence electrons. The van der Waals surface area contributed by atoms with Gasteiger partial charge in [-0.3, -0.25) is 14.5 Å². The van der Waals surface area contributed by atoms with E-state index in [1.54, 1.807) is 47.8 Å². The second-order valence-electron chi connectivity index (χ2n) is 6.25. The number of cyclic esters (lactones) is 1. The minimum Gasteiger partial charge on any atom is -0.402 e. The average Bonchev–Trinajstić information content (AvgIpc) is 3.27. The molecule has 0 saturated heterocycles. The Labute approximate surface area is 159 Å². The largest absolute Gasteiger partial charge is 0.402 e. The molecular weight excluding hydrogens is 362 g/mol. The van der Waals surface area contributed by atoms with Crippen LogP contribution in [0.1, 0.15) is 11.3 Å². The molecule has 0 aliphatic carbocycles. The van der Waals surface area contributed by atoms with Gasteiger partial charge in [-0.15, -0.1) is 0 Å². The zero-order valence-corrected chi connectivity index (χ0v) is 15.1. The number of rotatable bonds is 4. The van der Waals surface area contributed by atoms with Gasteiger partial charge >= 0.3 is 11.7 Å². The van der Waals surface area contributed by atoms with E-state index >= 15 is 0 Å². The van der Waals surface area contributed by atoms with Crippen molar-refractivity contribution in [2.75, 3.05) is 14.1 Å². The van der Waals surface area contributed by atoms with Gasteiger partial charge in [-0.05, 0) is 18.2 Å². The first-order chi connectivity index (χ1) is 13.5. The highest BCUT2D eigenvalue weighted by Crippen LogP contribution is 2.29. The quantitative estimate of drug-likeness (QED) is 0.300. The lowest BCUT2D eigenvalue weighted by atomic mass is 10.2. The highest BCUT2D eigenvalue weighted by atomic mass is 16.6. The van der Waals surface area contributed by atoms with Gasteiger partial charge in [0.05, 0.1) is 22.5 Å². The number of carbonyl (C=O) groups excluding carboxylic acids is 1. The Morgan fingerprint density at radius 3 is 2.61 bits per heavy atom. The monoisotopic (exact) mass is 377 g/mol. The number of hydrogen-bond acceptors (Lipinski definition) is 7. The molecule has 9 heteroatoms. The third-order valence-electron chi connectivity index (χ3n) is 4.24. The van der Waals surface area contributed by atoms with Gasteiger partial charge in [0, 0.05) is 31.9 Å². The summed E-state index contributed by atoms with van der Waals surface area (Å²) in [6.07, 6.45) is 3.13. The summed E-state index contributed by atoms with van der Waals surface area (Å²) in [5, 5.41) is 11.3. The fraction of sp³-hybridized carbons (Fsp3) is 0.105. The standard InChI is InChI=1S/C19H15N5O4/c1-22(2)16(14-11-20-17-13(24(26)27)9-6-10-23(14)17)15-19(25)28-18(21-15)12-7-4-3-5-8-12/h3-11H,1-2H3/b16-15-. The topological polar surface area (TPSA) is 102 Å². The SMILES string of the molecule is CN(C)/C(=C1\N=C(c2ccccc2)OC1=O)c1cnc2c([N+](=O)[O-])cccn12. The Kier molecular flexibility index (Phi) is 4.11. The Hall–Kier alpha value is -4.01. The van der Waals surface area contributed by atoms with Crippen molar-refractivity contribution in [3.63, 3.8) is 0 Å². The van der Waals surface area contributed by atoms with Crippen LogP contribution in [0.15, 0.2) is 65.5 Å². The first kappa shape index (κ1) is 17.4. The number of imidazole rings is 1. The number of esters is 1. The maximum atomic E-state index is 12.6. The molecule has 0 bridgehead atoms. The van der Waals surface area contributed by atoms with Crippen LogP contribution in [0.25, 0.3) is 11.3 Å². The minimum atomic E-state index is -0.595.